The number of hydrogen-bond acceptors (Lipinski definition) is 2. The highest BCUT2D eigenvalue weighted by molar-refractivity contribution is 6.70. The molecule has 1 heterocycles. The Bertz CT molecular complexity index is 419. The van der Waals surface area contributed by atoms with E-state index in [2.05, 4.69) is 4.99 Å². The molecule has 0 bridgehead atoms. The molecule has 0 fully saturated rings. The summed E-state index contributed by atoms with van der Waals surface area (Å²) in [5.74, 6) is -0.204. The minimum Gasteiger partial charge on any atom is -0.485 e. The smallest absolute Gasteiger partial charge is 0.165 e. The summed E-state index contributed by atoms with van der Waals surface area (Å²) in [5.41, 5.74) is 0.521. The summed E-state index contributed by atoms with van der Waals surface area (Å²) >= 11 is 5.99. The first kappa shape index (κ1) is 10.4. The monoisotopic (exact) mass is 227 g/mol. The van der Waals surface area contributed by atoms with Gasteiger partial charge in [-0.25, -0.2) is 4.39 Å². The molecule has 0 N–H and O–H groups in total. The van der Waals surface area contributed by atoms with Crippen molar-refractivity contribution in [3.8, 4) is 5.75 Å². The van der Waals surface area contributed by atoms with Crippen LogP contribution in [0.15, 0.2) is 23.2 Å². The van der Waals surface area contributed by atoms with Gasteiger partial charge in [-0.1, -0.05) is 17.7 Å². The third-order valence-electron chi connectivity index (χ3n) is 2.49. The quantitative estimate of drug-likeness (QED) is 0.668. The fourth-order valence-electron chi connectivity index (χ4n) is 1.43. The molecule has 4 heteroatoms. The zero-order valence-corrected chi connectivity index (χ0v) is 9.25. The van der Waals surface area contributed by atoms with E-state index in [4.69, 9.17) is 16.3 Å². The van der Waals surface area contributed by atoms with Gasteiger partial charge in [-0.2, -0.15) is 0 Å². The highest BCUT2D eigenvalue weighted by Crippen LogP contribution is 2.29. The zero-order valence-electron chi connectivity index (χ0n) is 8.50. The summed E-state index contributed by atoms with van der Waals surface area (Å²) in [5, 5.41) is 0.307. The summed E-state index contributed by atoms with van der Waals surface area (Å²) in [6.45, 7) is 3.73. The molecule has 0 spiro atoms. The summed E-state index contributed by atoms with van der Waals surface area (Å²) in [6, 6.07) is 4.57. The number of aliphatic imine (C=N–C) groups is 1. The van der Waals surface area contributed by atoms with E-state index in [9.17, 15) is 4.39 Å². The van der Waals surface area contributed by atoms with Crippen LogP contribution in [0.5, 0.6) is 5.75 Å². The number of nitrogens with zero attached hydrogens (tertiary/aromatic N) is 1. The molecule has 0 amide bonds. The summed E-state index contributed by atoms with van der Waals surface area (Å²) in [7, 11) is 0. The molecule has 1 aliphatic heterocycles. The second-order valence-electron chi connectivity index (χ2n) is 3.60. The van der Waals surface area contributed by atoms with Crippen LogP contribution < -0.4 is 4.74 Å². The average Bonchev–Trinajstić information content (AvgIpc) is 2.29. The number of hydrogen-bond donors (Lipinski definition) is 0. The molecule has 1 aliphatic rings. The number of halogens is 2. The van der Waals surface area contributed by atoms with Crippen molar-refractivity contribution in [2.24, 2.45) is 4.99 Å². The lowest BCUT2D eigenvalue weighted by molar-refractivity contribution is 0.192. The molecular formula is C11H11ClFNO. The van der Waals surface area contributed by atoms with E-state index in [-0.39, 0.29) is 17.9 Å². The van der Waals surface area contributed by atoms with Gasteiger partial charge in [0, 0.05) is 0 Å². The molecule has 2 rings (SSSR count). The van der Waals surface area contributed by atoms with Crippen LogP contribution in [0.4, 0.5) is 4.39 Å². The van der Waals surface area contributed by atoms with Gasteiger partial charge in [0.15, 0.2) is 11.6 Å². The van der Waals surface area contributed by atoms with Crippen LogP contribution in [0.1, 0.15) is 19.4 Å². The lowest BCUT2D eigenvalue weighted by Gasteiger charge is -2.16. The molecule has 15 heavy (non-hydrogen) atoms. The Morgan fingerprint density at radius 3 is 2.87 bits per heavy atom. The van der Waals surface area contributed by atoms with Crippen molar-refractivity contribution in [2.45, 2.75) is 26.0 Å². The maximum absolute atomic E-state index is 13.5. The van der Waals surface area contributed by atoms with Gasteiger partial charge < -0.3 is 4.74 Å². The molecule has 2 atom stereocenters. The van der Waals surface area contributed by atoms with E-state index in [1.54, 1.807) is 12.1 Å². The first-order chi connectivity index (χ1) is 7.09. The molecule has 0 radical (unpaired) electrons. The van der Waals surface area contributed by atoms with Crippen LogP contribution in [-0.2, 0) is 0 Å². The van der Waals surface area contributed by atoms with Crippen molar-refractivity contribution >= 4 is 16.8 Å². The van der Waals surface area contributed by atoms with E-state index >= 15 is 0 Å². The molecule has 2 nitrogen and oxygen atoms in total. The Kier molecular flexibility index (Phi) is 2.65. The van der Waals surface area contributed by atoms with Gasteiger partial charge in [-0.15, -0.1) is 0 Å². The van der Waals surface area contributed by atoms with Crippen LogP contribution in [0, 0.1) is 5.82 Å². The average molecular weight is 228 g/mol. The van der Waals surface area contributed by atoms with Gasteiger partial charge in [-0.05, 0) is 26.0 Å². The molecule has 0 saturated heterocycles. The molecule has 0 aliphatic carbocycles. The third-order valence-corrected chi connectivity index (χ3v) is 2.79. The second-order valence-corrected chi connectivity index (χ2v) is 3.96. The third kappa shape index (κ3) is 1.84. The van der Waals surface area contributed by atoms with Gasteiger partial charge in [-0.3, -0.25) is 4.99 Å². The maximum Gasteiger partial charge on any atom is 0.165 e. The molecule has 0 aromatic heterocycles. The molecule has 1 aromatic rings. The van der Waals surface area contributed by atoms with E-state index in [1.807, 2.05) is 13.8 Å². The van der Waals surface area contributed by atoms with Crippen molar-refractivity contribution in [1.82, 2.24) is 0 Å². The summed E-state index contributed by atoms with van der Waals surface area (Å²) < 4.78 is 19.0. The largest absolute Gasteiger partial charge is 0.485 e. The van der Waals surface area contributed by atoms with Crippen molar-refractivity contribution in [2.75, 3.05) is 0 Å². The summed E-state index contributed by atoms with van der Waals surface area (Å²) in [6.07, 6.45) is -0.183. The Labute approximate surface area is 92.7 Å². The van der Waals surface area contributed by atoms with Gasteiger partial charge in [0.2, 0.25) is 0 Å². The van der Waals surface area contributed by atoms with E-state index in [1.165, 1.54) is 6.07 Å². The lowest BCUT2D eigenvalue weighted by Crippen LogP contribution is -2.23. The standard InChI is InChI=1S/C11H11ClFNO/c1-6-7(2)15-10-8(11(12)14-6)4-3-5-9(10)13/h3-7H,1-2H3. The highest BCUT2D eigenvalue weighted by Gasteiger charge is 2.23. The second kappa shape index (κ2) is 3.81. The Morgan fingerprint density at radius 2 is 2.13 bits per heavy atom. The van der Waals surface area contributed by atoms with Crippen LogP contribution >= 0.6 is 11.6 Å². The predicted octanol–water partition coefficient (Wildman–Crippen LogP) is 2.98. The number of fused-ring (bicyclic) bond motifs is 1. The van der Waals surface area contributed by atoms with Crippen molar-refractivity contribution in [3.05, 3.63) is 29.6 Å². The fourth-order valence-corrected chi connectivity index (χ4v) is 1.73. The maximum atomic E-state index is 13.5. The zero-order chi connectivity index (χ0) is 11.0. The first-order valence-corrected chi connectivity index (χ1v) is 5.16. The van der Waals surface area contributed by atoms with Crippen molar-refractivity contribution < 1.29 is 9.13 Å². The first-order valence-electron chi connectivity index (χ1n) is 4.78. The molecule has 80 valence electrons. The van der Waals surface area contributed by atoms with Gasteiger partial charge in [0.05, 0.1) is 11.6 Å². The number of rotatable bonds is 0. The van der Waals surface area contributed by atoms with Crippen molar-refractivity contribution in [1.29, 1.82) is 0 Å². The lowest BCUT2D eigenvalue weighted by atomic mass is 10.2. The molecule has 1 aromatic carbocycles. The summed E-state index contributed by atoms with van der Waals surface area (Å²) in [4.78, 5) is 4.23. The number of benzene rings is 1. The highest BCUT2D eigenvalue weighted by atomic mass is 35.5. The van der Waals surface area contributed by atoms with E-state index in [0.29, 0.717) is 10.7 Å². The minimum absolute atomic E-state index is 0.0794. The van der Waals surface area contributed by atoms with Crippen LogP contribution in [-0.4, -0.2) is 17.3 Å². The van der Waals surface area contributed by atoms with E-state index in [0.717, 1.165) is 0 Å². The van der Waals surface area contributed by atoms with Gasteiger partial charge >= 0.3 is 0 Å². The molecular weight excluding hydrogens is 217 g/mol. The topological polar surface area (TPSA) is 21.6 Å². The van der Waals surface area contributed by atoms with E-state index < -0.39 is 5.82 Å². The Morgan fingerprint density at radius 1 is 1.40 bits per heavy atom. The molecule has 0 saturated carbocycles. The van der Waals surface area contributed by atoms with Crippen LogP contribution in [0.2, 0.25) is 0 Å². The Hall–Kier alpha value is -1.09. The number of ether oxygens (including phenoxy) is 1. The molecule has 2 unspecified atom stereocenters. The Balaban J connectivity index is 2.57. The van der Waals surface area contributed by atoms with Gasteiger partial charge in [0.25, 0.3) is 0 Å². The SMILES string of the molecule is CC1N=C(Cl)c2cccc(F)c2OC1C. The fraction of sp³-hybridized carbons (Fsp3) is 0.364. The number of para-hydroxylation sites is 1. The predicted molar refractivity (Wildman–Crippen MR) is 58.3 cm³/mol. The van der Waals surface area contributed by atoms with Crippen LogP contribution in [0.3, 0.4) is 0 Å². The minimum atomic E-state index is -0.401. The van der Waals surface area contributed by atoms with Gasteiger partial charge in [0.1, 0.15) is 11.3 Å². The van der Waals surface area contributed by atoms with Crippen molar-refractivity contribution in [3.63, 3.8) is 0 Å². The van der Waals surface area contributed by atoms with Crippen LogP contribution in [0.25, 0.3) is 0 Å². The normalized spacial score (nSPS) is 24.9.